The predicted octanol–water partition coefficient (Wildman–Crippen LogP) is 3.34. The Labute approximate surface area is 148 Å². The quantitative estimate of drug-likeness (QED) is 0.668. The Bertz CT molecular complexity index is 967. The van der Waals surface area contributed by atoms with Crippen molar-refractivity contribution >= 4 is 27.3 Å². The van der Waals surface area contributed by atoms with Crippen LogP contribution in [-0.4, -0.2) is 35.6 Å². The second-order valence-corrected chi connectivity index (χ2v) is 6.92. The van der Waals surface area contributed by atoms with Gasteiger partial charge in [-0.3, -0.25) is 4.79 Å². The fraction of sp³-hybridized carbons (Fsp3) is 0.278. The molecular formula is C18H16N2O4S. The first kappa shape index (κ1) is 15.8. The molecule has 0 bridgehead atoms. The first-order valence-electron chi connectivity index (χ1n) is 7.90. The van der Waals surface area contributed by atoms with Gasteiger partial charge in [0, 0.05) is 10.4 Å². The Morgan fingerprint density at radius 2 is 2.00 bits per heavy atom. The van der Waals surface area contributed by atoms with Gasteiger partial charge in [0.15, 0.2) is 23.9 Å². The van der Waals surface area contributed by atoms with E-state index in [0.29, 0.717) is 36.2 Å². The molecule has 0 amide bonds. The minimum Gasteiger partial charge on any atom is -0.486 e. The predicted molar refractivity (Wildman–Crippen MR) is 94.1 cm³/mol. The molecule has 1 aromatic carbocycles. The second kappa shape index (κ2) is 6.33. The van der Waals surface area contributed by atoms with E-state index in [0.717, 1.165) is 15.8 Å². The van der Waals surface area contributed by atoms with E-state index < -0.39 is 0 Å². The maximum Gasteiger partial charge on any atom is 0.226 e. The molecule has 1 aliphatic heterocycles. The summed E-state index contributed by atoms with van der Waals surface area (Å²) in [6.07, 6.45) is 1.46. The number of benzene rings is 1. The first-order valence-corrected chi connectivity index (χ1v) is 8.71. The Hall–Kier alpha value is -2.67. The molecule has 128 valence electrons. The molecule has 0 N–H and O–H groups in total. The summed E-state index contributed by atoms with van der Waals surface area (Å²) in [5.41, 5.74) is 1.61. The molecule has 0 saturated carbocycles. The van der Waals surface area contributed by atoms with Crippen molar-refractivity contribution in [1.29, 1.82) is 0 Å². The SMILES string of the molecule is Cc1sc2ncnc(OCC(=O)c3ccc4c(c3)OCCO4)c2c1C. The van der Waals surface area contributed by atoms with Crippen molar-refractivity contribution in [3.63, 3.8) is 0 Å². The molecule has 4 rings (SSSR count). The summed E-state index contributed by atoms with van der Waals surface area (Å²) in [6.45, 7) is 4.95. The topological polar surface area (TPSA) is 70.5 Å². The number of aryl methyl sites for hydroxylation is 2. The van der Waals surface area contributed by atoms with Crippen LogP contribution in [-0.2, 0) is 0 Å². The molecule has 7 heteroatoms. The van der Waals surface area contributed by atoms with Crippen LogP contribution in [0, 0.1) is 13.8 Å². The summed E-state index contributed by atoms with van der Waals surface area (Å²) in [4.78, 5) is 23.0. The lowest BCUT2D eigenvalue weighted by molar-refractivity contribution is 0.0918. The van der Waals surface area contributed by atoms with Gasteiger partial charge in [-0.05, 0) is 37.6 Å². The van der Waals surface area contributed by atoms with Crippen LogP contribution in [0.4, 0.5) is 0 Å². The molecule has 0 saturated heterocycles. The van der Waals surface area contributed by atoms with Gasteiger partial charge in [-0.25, -0.2) is 9.97 Å². The van der Waals surface area contributed by atoms with Crippen molar-refractivity contribution < 1.29 is 19.0 Å². The zero-order valence-corrected chi connectivity index (χ0v) is 14.7. The Balaban J connectivity index is 1.54. The number of ether oxygens (including phenoxy) is 3. The summed E-state index contributed by atoms with van der Waals surface area (Å²) in [5.74, 6) is 1.54. The highest BCUT2D eigenvalue weighted by molar-refractivity contribution is 7.18. The smallest absolute Gasteiger partial charge is 0.226 e. The van der Waals surface area contributed by atoms with Crippen LogP contribution in [0.1, 0.15) is 20.8 Å². The van der Waals surface area contributed by atoms with Gasteiger partial charge in [0.05, 0.1) is 5.39 Å². The molecule has 6 nitrogen and oxygen atoms in total. The average Bonchev–Trinajstić information content (AvgIpc) is 2.94. The molecule has 0 unspecified atom stereocenters. The first-order chi connectivity index (χ1) is 12.1. The maximum atomic E-state index is 12.5. The van der Waals surface area contributed by atoms with Crippen molar-refractivity contribution in [1.82, 2.24) is 9.97 Å². The van der Waals surface area contributed by atoms with Crippen molar-refractivity contribution in [2.24, 2.45) is 0 Å². The van der Waals surface area contributed by atoms with Crippen molar-refractivity contribution in [3.8, 4) is 17.4 Å². The van der Waals surface area contributed by atoms with E-state index in [9.17, 15) is 4.79 Å². The van der Waals surface area contributed by atoms with Gasteiger partial charge in [-0.15, -0.1) is 11.3 Å². The molecule has 25 heavy (non-hydrogen) atoms. The molecule has 2 aromatic heterocycles. The molecule has 0 fully saturated rings. The number of ketones is 1. The van der Waals surface area contributed by atoms with Crippen molar-refractivity contribution in [3.05, 3.63) is 40.5 Å². The van der Waals surface area contributed by atoms with Gasteiger partial charge < -0.3 is 14.2 Å². The molecule has 0 spiro atoms. The molecule has 3 heterocycles. The molecule has 3 aromatic rings. The van der Waals surface area contributed by atoms with Crippen molar-refractivity contribution in [2.75, 3.05) is 19.8 Å². The number of carbonyl (C=O) groups is 1. The summed E-state index contributed by atoms with van der Waals surface area (Å²) < 4.78 is 16.7. The highest BCUT2D eigenvalue weighted by Gasteiger charge is 2.17. The van der Waals surface area contributed by atoms with E-state index in [1.54, 1.807) is 29.5 Å². The van der Waals surface area contributed by atoms with Crippen LogP contribution in [0.3, 0.4) is 0 Å². The highest BCUT2D eigenvalue weighted by Crippen LogP contribution is 2.34. The molecule has 0 atom stereocenters. The second-order valence-electron chi connectivity index (χ2n) is 5.71. The zero-order chi connectivity index (χ0) is 17.4. The van der Waals surface area contributed by atoms with E-state index in [4.69, 9.17) is 14.2 Å². The van der Waals surface area contributed by atoms with Crippen molar-refractivity contribution in [2.45, 2.75) is 13.8 Å². The van der Waals surface area contributed by atoms with Gasteiger partial charge in [-0.2, -0.15) is 0 Å². The number of hydrogen-bond acceptors (Lipinski definition) is 7. The van der Waals surface area contributed by atoms with Gasteiger partial charge in [-0.1, -0.05) is 0 Å². The zero-order valence-electron chi connectivity index (χ0n) is 13.9. The summed E-state index contributed by atoms with van der Waals surface area (Å²) in [7, 11) is 0. The number of hydrogen-bond donors (Lipinski definition) is 0. The number of fused-ring (bicyclic) bond motifs is 2. The fourth-order valence-electron chi connectivity index (χ4n) is 2.69. The molecule has 1 aliphatic rings. The van der Waals surface area contributed by atoms with Crippen LogP contribution < -0.4 is 14.2 Å². The Kier molecular flexibility index (Phi) is 4.01. The third kappa shape index (κ3) is 2.91. The van der Waals surface area contributed by atoms with Crippen LogP contribution >= 0.6 is 11.3 Å². The standard InChI is InChI=1S/C18H16N2O4S/c1-10-11(2)25-18-16(10)17(19-9-20-18)24-8-13(21)12-3-4-14-15(7-12)23-6-5-22-14/h3-4,7,9H,5-6,8H2,1-2H3. The van der Waals surface area contributed by atoms with Crippen LogP contribution in [0.25, 0.3) is 10.2 Å². The summed E-state index contributed by atoms with van der Waals surface area (Å²) >= 11 is 1.59. The van der Waals surface area contributed by atoms with Crippen LogP contribution in [0.5, 0.6) is 17.4 Å². The number of Topliss-reactive ketones (excluding diaryl/α,β-unsaturated/α-hetero) is 1. The number of rotatable bonds is 4. The van der Waals surface area contributed by atoms with Gasteiger partial charge in [0.25, 0.3) is 0 Å². The van der Waals surface area contributed by atoms with E-state index in [-0.39, 0.29) is 12.4 Å². The summed E-state index contributed by atoms with van der Waals surface area (Å²) in [5, 5.41) is 0.875. The molecular weight excluding hydrogens is 340 g/mol. The van der Waals surface area contributed by atoms with E-state index >= 15 is 0 Å². The van der Waals surface area contributed by atoms with E-state index in [1.165, 1.54) is 11.2 Å². The monoisotopic (exact) mass is 356 g/mol. The number of thiophene rings is 1. The Morgan fingerprint density at radius 3 is 2.84 bits per heavy atom. The summed E-state index contributed by atoms with van der Waals surface area (Å²) in [6, 6.07) is 5.15. The molecule has 0 radical (unpaired) electrons. The Morgan fingerprint density at radius 1 is 1.20 bits per heavy atom. The third-order valence-electron chi connectivity index (χ3n) is 4.13. The lowest BCUT2D eigenvalue weighted by atomic mass is 10.1. The number of nitrogens with zero attached hydrogens (tertiary/aromatic N) is 2. The van der Waals surface area contributed by atoms with Gasteiger partial charge in [0.2, 0.25) is 5.88 Å². The highest BCUT2D eigenvalue weighted by atomic mass is 32.1. The fourth-order valence-corrected chi connectivity index (χ4v) is 3.68. The lowest BCUT2D eigenvalue weighted by Gasteiger charge is -2.18. The van der Waals surface area contributed by atoms with Gasteiger partial charge >= 0.3 is 0 Å². The number of aromatic nitrogens is 2. The maximum absolute atomic E-state index is 12.5. The van der Waals surface area contributed by atoms with Crippen LogP contribution in [0.15, 0.2) is 24.5 Å². The van der Waals surface area contributed by atoms with E-state index in [2.05, 4.69) is 9.97 Å². The molecule has 0 aliphatic carbocycles. The van der Waals surface area contributed by atoms with Gasteiger partial charge in [0.1, 0.15) is 24.4 Å². The minimum atomic E-state index is -0.145. The number of carbonyl (C=O) groups excluding carboxylic acids is 1. The van der Waals surface area contributed by atoms with Crippen LogP contribution in [0.2, 0.25) is 0 Å². The largest absolute Gasteiger partial charge is 0.486 e. The normalized spacial score (nSPS) is 13.0. The lowest BCUT2D eigenvalue weighted by Crippen LogP contribution is -2.17. The average molecular weight is 356 g/mol. The third-order valence-corrected chi connectivity index (χ3v) is 5.25. The minimum absolute atomic E-state index is 0.0971. The van der Waals surface area contributed by atoms with E-state index in [1.807, 2.05) is 13.8 Å².